The summed E-state index contributed by atoms with van der Waals surface area (Å²) in [6.45, 7) is 1.45. The number of carbonyl (C=O) groups excluding carboxylic acids is 4. The minimum atomic E-state index is -1.56. The van der Waals surface area contributed by atoms with E-state index in [-0.39, 0.29) is 34.0 Å². The molecule has 12 heteroatoms. The quantitative estimate of drug-likeness (QED) is 0.0992. The van der Waals surface area contributed by atoms with Crippen molar-refractivity contribution in [3.63, 3.8) is 0 Å². The molecule has 0 unspecified atom stereocenters. The van der Waals surface area contributed by atoms with E-state index < -0.39 is 61.0 Å². The third kappa shape index (κ3) is 8.66. The maximum atomic E-state index is 13.9. The number of ether oxygens (including phenoxy) is 5. The van der Waals surface area contributed by atoms with Crippen molar-refractivity contribution in [2.24, 2.45) is 0 Å². The fourth-order valence-electron chi connectivity index (χ4n) is 5.94. The predicted octanol–water partition coefficient (Wildman–Crippen LogP) is 7.02. The second-order valence-electron chi connectivity index (χ2n) is 12.6. The van der Waals surface area contributed by atoms with Crippen LogP contribution < -0.4 is 0 Å². The molecule has 6 aromatic rings. The van der Waals surface area contributed by atoms with E-state index in [0.29, 0.717) is 5.56 Å². The van der Waals surface area contributed by atoms with Crippen molar-refractivity contribution in [3.05, 3.63) is 179 Å². The Kier molecular flexibility index (Phi) is 11.1. The summed E-state index contributed by atoms with van der Waals surface area (Å²) in [5.74, 6) is -3.05. The maximum absolute atomic E-state index is 13.9. The number of aryl methyl sites for hydroxylation is 1. The Morgan fingerprint density at radius 2 is 0.982 bits per heavy atom. The minimum Gasteiger partial charge on any atom is -0.459 e. The van der Waals surface area contributed by atoms with Gasteiger partial charge >= 0.3 is 23.9 Å². The van der Waals surface area contributed by atoms with Gasteiger partial charge in [0.15, 0.2) is 24.4 Å². The molecule has 0 aliphatic carbocycles. The topological polar surface area (TPSA) is 153 Å². The van der Waals surface area contributed by atoms with Gasteiger partial charge < -0.3 is 28.2 Å². The van der Waals surface area contributed by atoms with Crippen LogP contribution in [-0.4, -0.2) is 65.0 Å². The van der Waals surface area contributed by atoms with Crippen LogP contribution in [0.3, 0.4) is 0 Å². The van der Waals surface area contributed by atoms with Crippen molar-refractivity contribution in [1.29, 1.82) is 0 Å². The summed E-state index contributed by atoms with van der Waals surface area (Å²) in [4.78, 5) is 59.2. The molecule has 12 nitrogen and oxygen atoms in total. The first-order chi connectivity index (χ1) is 26.8. The lowest BCUT2D eigenvalue weighted by atomic mass is 9.93. The molecule has 0 N–H and O–H groups in total. The first kappa shape index (κ1) is 36.4. The molecule has 0 bridgehead atoms. The Morgan fingerprint density at radius 3 is 1.47 bits per heavy atom. The first-order valence-corrected chi connectivity index (χ1v) is 17.4. The summed E-state index contributed by atoms with van der Waals surface area (Å²) in [5.41, 5.74) is 2.40. The Labute approximate surface area is 315 Å². The molecule has 1 aliphatic heterocycles. The number of aromatic nitrogens is 2. The van der Waals surface area contributed by atoms with E-state index in [1.807, 2.05) is 19.1 Å². The smallest absolute Gasteiger partial charge is 0.338 e. The number of esters is 4. The predicted molar refractivity (Wildman–Crippen MR) is 196 cm³/mol. The molecular formula is C43H34N2O10. The zero-order valence-corrected chi connectivity index (χ0v) is 29.4. The highest BCUT2D eigenvalue weighted by Crippen LogP contribution is 2.38. The molecule has 5 atom stereocenters. The standard InChI is InChI=1S/C43H34N2O10/c1-27-22-24-28(25-23-27)39-44-38(45-55-39)37-36(54-43(49)32-20-12-5-13-21-32)35(53-42(48)31-18-10-4-11-19-31)34(52-41(47)30-16-8-3-9-17-30)33(51-37)26-50-40(46)29-14-6-2-7-15-29/h2-25,33-37H,26H2,1H3/t33-,34-,35+,36-,37-/m1/s1. The molecule has 276 valence electrons. The number of hydrogen-bond donors (Lipinski definition) is 0. The van der Waals surface area contributed by atoms with Crippen molar-refractivity contribution in [2.75, 3.05) is 6.61 Å². The van der Waals surface area contributed by atoms with Crippen molar-refractivity contribution in [2.45, 2.75) is 37.4 Å². The number of nitrogens with zero attached hydrogens (tertiary/aromatic N) is 2. The Balaban J connectivity index is 1.32. The number of carbonyl (C=O) groups is 4. The SMILES string of the molecule is Cc1ccc(-c2nc([C@@H]3O[C@H](COC(=O)c4ccccc4)[C@@H](OC(=O)c4ccccc4)[C@H](OC(=O)c4ccccc4)[C@H]3OC(=O)c3ccccc3)no2)cc1. The highest BCUT2D eigenvalue weighted by molar-refractivity contribution is 5.91. The molecule has 0 saturated carbocycles. The molecule has 1 saturated heterocycles. The summed E-state index contributed by atoms with van der Waals surface area (Å²) >= 11 is 0. The molecule has 55 heavy (non-hydrogen) atoms. The van der Waals surface area contributed by atoms with Crippen LogP contribution in [0.4, 0.5) is 0 Å². The monoisotopic (exact) mass is 738 g/mol. The Morgan fingerprint density at radius 1 is 0.545 bits per heavy atom. The van der Waals surface area contributed by atoms with E-state index in [1.54, 1.807) is 133 Å². The number of rotatable bonds is 11. The van der Waals surface area contributed by atoms with Crippen LogP contribution in [0.25, 0.3) is 11.5 Å². The van der Waals surface area contributed by atoms with Gasteiger partial charge in [-0.2, -0.15) is 4.98 Å². The third-order valence-electron chi connectivity index (χ3n) is 8.77. The van der Waals surface area contributed by atoms with Gasteiger partial charge in [0.05, 0.1) is 22.3 Å². The van der Waals surface area contributed by atoms with Gasteiger partial charge in [0.25, 0.3) is 5.89 Å². The van der Waals surface area contributed by atoms with Gasteiger partial charge in [0, 0.05) is 5.56 Å². The highest BCUT2D eigenvalue weighted by atomic mass is 16.7. The third-order valence-corrected chi connectivity index (χ3v) is 8.77. The number of benzene rings is 5. The van der Waals surface area contributed by atoms with Gasteiger partial charge in [0.2, 0.25) is 5.82 Å². The summed E-state index contributed by atoms with van der Waals surface area (Å²) < 4.78 is 36.2. The summed E-state index contributed by atoms with van der Waals surface area (Å²) in [5, 5.41) is 4.19. The zero-order chi connectivity index (χ0) is 38.1. The van der Waals surface area contributed by atoms with Crippen LogP contribution >= 0.6 is 0 Å². The van der Waals surface area contributed by atoms with Crippen molar-refractivity contribution < 1.29 is 47.4 Å². The van der Waals surface area contributed by atoms with E-state index in [9.17, 15) is 19.2 Å². The van der Waals surface area contributed by atoms with Gasteiger partial charge in [-0.15, -0.1) is 0 Å². The molecule has 1 aromatic heterocycles. The zero-order valence-electron chi connectivity index (χ0n) is 29.4. The van der Waals surface area contributed by atoms with Gasteiger partial charge in [-0.25, -0.2) is 19.2 Å². The normalized spacial score (nSPS) is 19.1. The molecule has 2 heterocycles. The van der Waals surface area contributed by atoms with E-state index in [2.05, 4.69) is 10.1 Å². The van der Waals surface area contributed by atoms with Gasteiger partial charge in [-0.3, -0.25) is 0 Å². The van der Waals surface area contributed by atoms with Crippen LogP contribution in [0.5, 0.6) is 0 Å². The molecule has 0 spiro atoms. The van der Waals surface area contributed by atoms with E-state index in [4.69, 9.17) is 28.2 Å². The molecule has 1 fully saturated rings. The van der Waals surface area contributed by atoms with Gasteiger partial charge in [0.1, 0.15) is 12.7 Å². The molecule has 0 radical (unpaired) electrons. The van der Waals surface area contributed by atoms with Gasteiger partial charge in [-0.05, 0) is 67.6 Å². The lowest BCUT2D eigenvalue weighted by molar-refractivity contribution is -0.233. The lowest BCUT2D eigenvalue weighted by Gasteiger charge is -2.43. The summed E-state index contributed by atoms with van der Waals surface area (Å²) in [6.07, 6.45) is -7.30. The minimum absolute atomic E-state index is 0.0746. The van der Waals surface area contributed by atoms with E-state index >= 15 is 0 Å². The second kappa shape index (κ2) is 16.8. The lowest BCUT2D eigenvalue weighted by Crippen LogP contribution is -2.60. The average molecular weight is 739 g/mol. The van der Waals surface area contributed by atoms with Crippen LogP contribution in [-0.2, 0) is 23.7 Å². The van der Waals surface area contributed by atoms with Crippen LogP contribution in [0.2, 0.25) is 0 Å². The van der Waals surface area contributed by atoms with Gasteiger partial charge in [-0.1, -0.05) is 95.6 Å². The van der Waals surface area contributed by atoms with Crippen molar-refractivity contribution in [3.8, 4) is 11.5 Å². The van der Waals surface area contributed by atoms with Crippen molar-refractivity contribution in [1.82, 2.24) is 10.1 Å². The molecule has 1 aliphatic rings. The van der Waals surface area contributed by atoms with E-state index in [0.717, 1.165) is 5.56 Å². The Bertz CT molecular complexity index is 2230. The maximum Gasteiger partial charge on any atom is 0.338 e. The van der Waals surface area contributed by atoms with Crippen LogP contribution in [0.1, 0.15) is 58.9 Å². The number of hydrogen-bond acceptors (Lipinski definition) is 12. The molecular weight excluding hydrogens is 704 g/mol. The average Bonchev–Trinajstić information content (AvgIpc) is 3.73. The molecule has 5 aromatic carbocycles. The van der Waals surface area contributed by atoms with Crippen LogP contribution in [0, 0.1) is 6.92 Å². The molecule has 0 amide bonds. The van der Waals surface area contributed by atoms with Crippen molar-refractivity contribution >= 4 is 23.9 Å². The Hall–Kier alpha value is -6.92. The van der Waals surface area contributed by atoms with Crippen LogP contribution in [0.15, 0.2) is 150 Å². The summed E-state index contributed by atoms with van der Waals surface area (Å²) in [7, 11) is 0. The fourth-order valence-corrected chi connectivity index (χ4v) is 5.94. The fraction of sp³-hybridized carbons (Fsp3) is 0.163. The first-order valence-electron chi connectivity index (χ1n) is 17.4. The largest absolute Gasteiger partial charge is 0.459 e. The second-order valence-corrected chi connectivity index (χ2v) is 12.6. The summed E-state index contributed by atoms with van der Waals surface area (Å²) in [6, 6.07) is 40.0. The highest BCUT2D eigenvalue weighted by Gasteiger charge is 2.55. The molecule has 7 rings (SSSR count). The van der Waals surface area contributed by atoms with E-state index in [1.165, 1.54) is 0 Å².